The van der Waals surface area contributed by atoms with E-state index in [0.717, 1.165) is 11.3 Å². The molecule has 4 heteroatoms. The van der Waals surface area contributed by atoms with Crippen LogP contribution in [0.4, 0.5) is 5.69 Å². The third kappa shape index (κ3) is 2.85. The Balaban J connectivity index is 3.18. The van der Waals surface area contributed by atoms with E-state index in [-0.39, 0.29) is 5.57 Å². The van der Waals surface area contributed by atoms with Gasteiger partial charge in [-0.2, -0.15) is 5.26 Å². The fourth-order valence-corrected chi connectivity index (χ4v) is 1.48. The van der Waals surface area contributed by atoms with Crippen LogP contribution in [0.1, 0.15) is 12.5 Å². The first-order valence-corrected chi connectivity index (χ1v) is 5.16. The Hall–Kier alpha value is -2.28. The van der Waals surface area contributed by atoms with Crippen LogP contribution in [0.2, 0.25) is 0 Å². The highest BCUT2D eigenvalue weighted by Gasteiger charge is 2.10. The van der Waals surface area contributed by atoms with Crippen molar-refractivity contribution in [2.24, 2.45) is 5.73 Å². The van der Waals surface area contributed by atoms with Gasteiger partial charge in [-0.1, -0.05) is 12.1 Å². The van der Waals surface area contributed by atoms with Crippen molar-refractivity contribution in [3.8, 4) is 6.07 Å². The summed E-state index contributed by atoms with van der Waals surface area (Å²) in [6.45, 7) is 1.72. The lowest BCUT2D eigenvalue weighted by molar-refractivity contribution is -0.114. The minimum absolute atomic E-state index is 0.00241. The molecule has 0 unspecified atom stereocenters. The molecule has 1 rings (SSSR count). The molecule has 0 saturated carbocycles. The summed E-state index contributed by atoms with van der Waals surface area (Å²) in [5.41, 5.74) is 7.62. The molecule has 1 aromatic rings. The number of hydrogen-bond donors (Lipinski definition) is 1. The summed E-state index contributed by atoms with van der Waals surface area (Å²) >= 11 is 0. The lowest BCUT2D eigenvalue weighted by atomic mass is 10.0. The molecule has 0 atom stereocenters. The number of rotatable bonds is 3. The standard InChI is InChI=1S/C13H15N3O/c1-9(12(8-14)13(15)17)10-4-6-11(7-5-10)16(2)3/h4-7H,1-3H3,(H2,15,17)/b12-9+. The average Bonchev–Trinajstić information content (AvgIpc) is 2.29. The van der Waals surface area contributed by atoms with Crippen molar-refractivity contribution in [3.05, 3.63) is 35.4 Å². The minimum atomic E-state index is -0.693. The van der Waals surface area contributed by atoms with Crippen LogP contribution in [0.5, 0.6) is 0 Å². The number of nitrogens with two attached hydrogens (primary N) is 1. The number of primary amides is 1. The zero-order valence-electron chi connectivity index (χ0n) is 10.2. The Morgan fingerprint density at radius 1 is 1.29 bits per heavy atom. The number of nitriles is 1. The van der Waals surface area contributed by atoms with Crippen molar-refractivity contribution in [3.63, 3.8) is 0 Å². The van der Waals surface area contributed by atoms with Crippen LogP contribution in [-0.2, 0) is 4.79 Å². The van der Waals surface area contributed by atoms with E-state index in [1.54, 1.807) is 6.92 Å². The smallest absolute Gasteiger partial charge is 0.259 e. The van der Waals surface area contributed by atoms with Gasteiger partial charge in [-0.05, 0) is 30.2 Å². The third-order valence-electron chi connectivity index (χ3n) is 2.55. The lowest BCUT2D eigenvalue weighted by Gasteiger charge is -2.13. The van der Waals surface area contributed by atoms with Crippen molar-refractivity contribution < 1.29 is 4.79 Å². The Kier molecular flexibility index (Phi) is 3.89. The van der Waals surface area contributed by atoms with Crippen molar-refractivity contribution in [2.45, 2.75) is 6.92 Å². The number of benzene rings is 1. The van der Waals surface area contributed by atoms with Gasteiger partial charge in [-0.3, -0.25) is 4.79 Å². The van der Waals surface area contributed by atoms with Gasteiger partial charge in [0.25, 0.3) is 5.91 Å². The van der Waals surface area contributed by atoms with Gasteiger partial charge in [0.2, 0.25) is 0 Å². The molecule has 88 valence electrons. The first-order valence-electron chi connectivity index (χ1n) is 5.16. The van der Waals surface area contributed by atoms with Crippen molar-refractivity contribution in [1.82, 2.24) is 0 Å². The maximum absolute atomic E-state index is 11.1. The summed E-state index contributed by atoms with van der Waals surface area (Å²) in [5.74, 6) is -0.693. The number of amides is 1. The topological polar surface area (TPSA) is 70.1 Å². The van der Waals surface area contributed by atoms with E-state index in [0.29, 0.717) is 5.57 Å². The number of anilines is 1. The monoisotopic (exact) mass is 229 g/mol. The van der Waals surface area contributed by atoms with Crippen molar-refractivity contribution in [1.29, 1.82) is 5.26 Å². The van der Waals surface area contributed by atoms with Crippen molar-refractivity contribution in [2.75, 3.05) is 19.0 Å². The number of allylic oxidation sites excluding steroid dienone is 1. The minimum Gasteiger partial charge on any atom is -0.378 e. The van der Waals surface area contributed by atoms with E-state index in [1.165, 1.54) is 0 Å². The molecule has 0 aromatic heterocycles. The fraction of sp³-hybridized carbons (Fsp3) is 0.231. The van der Waals surface area contributed by atoms with E-state index >= 15 is 0 Å². The Morgan fingerprint density at radius 3 is 2.18 bits per heavy atom. The van der Waals surface area contributed by atoms with E-state index in [1.807, 2.05) is 49.3 Å². The Labute approximate surface area is 101 Å². The van der Waals surface area contributed by atoms with E-state index in [9.17, 15) is 4.79 Å². The molecule has 1 amide bonds. The molecule has 4 nitrogen and oxygen atoms in total. The molecular formula is C13H15N3O. The molecule has 0 heterocycles. The molecule has 0 aliphatic carbocycles. The molecule has 0 aliphatic heterocycles. The maximum Gasteiger partial charge on any atom is 0.259 e. The van der Waals surface area contributed by atoms with E-state index < -0.39 is 5.91 Å². The van der Waals surface area contributed by atoms with Crippen LogP contribution in [0, 0.1) is 11.3 Å². The molecule has 0 fully saturated rings. The molecule has 17 heavy (non-hydrogen) atoms. The van der Waals surface area contributed by atoms with Crippen molar-refractivity contribution >= 4 is 17.2 Å². The number of carbonyl (C=O) groups excluding carboxylic acids is 1. The van der Waals surface area contributed by atoms with Crippen LogP contribution in [0.3, 0.4) is 0 Å². The predicted octanol–water partition coefficient (Wildman–Crippen LogP) is 1.53. The second-order valence-corrected chi connectivity index (χ2v) is 3.92. The highest BCUT2D eigenvalue weighted by molar-refractivity contribution is 6.03. The molecule has 2 N–H and O–H groups in total. The van der Waals surface area contributed by atoms with E-state index in [2.05, 4.69) is 0 Å². The van der Waals surface area contributed by atoms with Gasteiger partial charge in [0.1, 0.15) is 11.6 Å². The number of carbonyl (C=O) groups is 1. The lowest BCUT2D eigenvalue weighted by Crippen LogP contribution is -2.14. The summed E-state index contributed by atoms with van der Waals surface area (Å²) in [4.78, 5) is 13.0. The second-order valence-electron chi connectivity index (χ2n) is 3.92. The first kappa shape index (κ1) is 12.8. The van der Waals surface area contributed by atoms with Gasteiger partial charge in [-0.25, -0.2) is 0 Å². The average molecular weight is 229 g/mol. The van der Waals surface area contributed by atoms with Gasteiger partial charge >= 0.3 is 0 Å². The Bertz CT molecular complexity index is 492. The van der Waals surface area contributed by atoms with Gasteiger partial charge in [0.15, 0.2) is 0 Å². The second kappa shape index (κ2) is 5.17. The third-order valence-corrected chi connectivity index (χ3v) is 2.55. The predicted molar refractivity (Wildman–Crippen MR) is 68.2 cm³/mol. The molecule has 0 spiro atoms. The fourth-order valence-electron chi connectivity index (χ4n) is 1.48. The quantitative estimate of drug-likeness (QED) is 0.631. The molecule has 1 aromatic carbocycles. The summed E-state index contributed by atoms with van der Waals surface area (Å²) in [5, 5.41) is 8.85. The summed E-state index contributed by atoms with van der Waals surface area (Å²) in [6.07, 6.45) is 0. The van der Waals surface area contributed by atoms with Crippen LogP contribution >= 0.6 is 0 Å². The molecular weight excluding hydrogens is 214 g/mol. The van der Waals surface area contributed by atoms with Crippen LogP contribution in [0.15, 0.2) is 29.8 Å². The summed E-state index contributed by atoms with van der Waals surface area (Å²) in [6, 6.07) is 9.41. The van der Waals surface area contributed by atoms with Gasteiger partial charge in [0.05, 0.1) is 0 Å². The summed E-state index contributed by atoms with van der Waals surface area (Å²) in [7, 11) is 3.89. The maximum atomic E-state index is 11.1. The zero-order valence-corrected chi connectivity index (χ0v) is 10.2. The number of hydrogen-bond acceptors (Lipinski definition) is 3. The SMILES string of the molecule is C/C(=C(/C#N)C(N)=O)c1ccc(N(C)C)cc1. The van der Waals surface area contributed by atoms with Gasteiger partial charge in [-0.15, -0.1) is 0 Å². The van der Waals surface area contributed by atoms with E-state index in [4.69, 9.17) is 11.0 Å². The zero-order chi connectivity index (χ0) is 13.0. The molecule has 0 radical (unpaired) electrons. The Morgan fingerprint density at radius 2 is 1.82 bits per heavy atom. The van der Waals surface area contributed by atoms with Gasteiger partial charge < -0.3 is 10.6 Å². The van der Waals surface area contributed by atoms with Gasteiger partial charge in [0, 0.05) is 19.8 Å². The highest BCUT2D eigenvalue weighted by atomic mass is 16.1. The highest BCUT2D eigenvalue weighted by Crippen LogP contribution is 2.21. The normalized spacial score (nSPS) is 11.4. The molecule has 0 saturated heterocycles. The van der Waals surface area contributed by atoms with Crippen LogP contribution in [-0.4, -0.2) is 20.0 Å². The number of nitrogens with zero attached hydrogens (tertiary/aromatic N) is 2. The summed E-state index contributed by atoms with van der Waals surface area (Å²) < 4.78 is 0. The largest absolute Gasteiger partial charge is 0.378 e. The van der Waals surface area contributed by atoms with Crippen LogP contribution < -0.4 is 10.6 Å². The molecule has 0 bridgehead atoms. The van der Waals surface area contributed by atoms with Crippen LogP contribution in [0.25, 0.3) is 5.57 Å². The first-order chi connectivity index (χ1) is 7.97. The molecule has 0 aliphatic rings.